The summed E-state index contributed by atoms with van der Waals surface area (Å²) in [5, 5.41) is 10.9. The van der Waals surface area contributed by atoms with E-state index in [1.165, 1.54) is 12.1 Å². The summed E-state index contributed by atoms with van der Waals surface area (Å²) in [6, 6.07) is 11.7. The maximum Gasteiger partial charge on any atom is 0.223 e. The number of carbonyl (C=O) groups is 1. The molecule has 0 aliphatic heterocycles. The van der Waals surface area contributed by atoms with Crippen LogP contribution in [0.5, 0.6) is 0 Å². The molecule has 2 aromatic carbocycles. The molecule has 0 radical (unpaired) electrons. The van der Waals surface area contributed by atoms with Crippen molar-refractivity contribution < 1.29 is 14.3 Å². The Kier molecular flexibility index (Phi) is 4.51. The Hall–Kier alpha value is -2.79. The van der Waals surface area contributed by atoms with E-state index in [0.29, 0.717) is 16.8 Å². The number of nitrogens with zero attached hydrogens (tertiary/aromatic N) is 1. The van der Waals surface area contributed by atoms with E-state index < -0.39 is 12.0 Å². The predicted molar refractivity (Wildman–Crippen MR) is 95.4 cm³/mol. The molecular weight excluding hydrogens is 319 g/mol. The highest BCUT2D eigenvalue weighted by molar-refractivity contribution is 5.90. The van der Waals surface area contributed by atoms with Crippen LogP contribution in [-0.4, -0.2) is 16.0 Å². The number of nitrogens with two attached hydrogens (primary N) is 1. The van der Waals surface area contributed by atoms with Gasteiger partial charge in [0.05, 0.1) is 23.7 Å². The number of fused-ring (bicyclic) bond motifs is 1. The molecule has 1 atom stereocenters. The van der Waals surface area contributed by atoms with E-state index in [1.807, 2.05) is 25.1 Å². The number of amides is 1. The second-order valence-corrected chi connectivity index (χ2v) is 6.23. The van der Waals surface area contributed by atoms with Crippen LogP contribution < -0.4 is 5.73 Å². The lowest BCUT2D eigenvalue weighted by Gasteiger charge is -2.15. The fourth-order valence-corrected chi connectivity index (χ4v) is 3.01. The first-order chi connectivity index (χ1) is 11.8. The van der Waals surface area contributed by atoms with Crippen LogP contribution in [0.1, 0.15) is 29.8 Å². The zero-order valence-electron chi connectivity index (χ0n) is 14.1. The van der Waals surface area contributed by atoms with Crippen LogP contribution in [0.15, 0.2) is 42.5 Å². The lowest BCUT2D eigenvalue weighted by Crippen LogP contribution is -2.15. The molecule has 0 saturated carbocycles. The third-order valence-electron chi connectivity index (χ3n) is 4.14. The predicted octanol–water partition coefficient (Wildman–Crippen LogP) is 3.43. The lowest BCUT2D eigenvalue weighted by molar-refractivity contribution is -0.117. The first-order valence-corrected chi connectivity index (χ1v) is 8.01. The first-order valence-electron chi connectivity index (χ1n) is 8.01. The zero-order valence-corrected chi connectivity index (χ0v) is 14.1. The average molecular weight is 338 g/mol. The van der Waals surface area contributed by atoms with E-state index in [-0.39, 0.29) is 12.2 Å². The number of primary amides is 1. The number of aromatic nitrogens is 1. The average Bonchev–Trinajstić information content (AvgIpc) is 2.53. The summed E-state index contributed by atoms with van der Waals surface area (Å²) < 4.78 is 13.3. The van der Waals surface area contributed by atoms with Crippen LogP contribution in [0.3, 0.4) is 0 Å². The van der Waals surface area contributed by atoms with Crippen LogP contribution in [0.2, 0.25) is 0 Å². The van der Waals surface area contributed by atoms with Crippen molar-refractivity contribution in [2.45, 2.75) is 26.4 Å². The summed E-state index contributed by atoms with van der Waals surface area (Å²) in [6.07, 6.45) is -0.673. The fourth-order valence-electron chi connectivity index (χ4n) is 3.01. The number of carbonyl (C=O) groups excluding carboxylic acids is 1. The molecule has 0 aliphatic carbocycles. The maximum atomic E-state index is 13.3. The maximum absolute atomic E-state index is 13.3. The van der Waals surface area contributed by atoms with Crippen molar-refractivity contribution in [2.75, 3.05) is 0 Å². The number of aliphatic hydroxyl groups excluding tert-OH is 1. The molecule has 3 N–H and O–H groups in total. The van der Waals surface area contributed by atoms with Gasteiger partial charge in [0.2, 0.25) is 5.91 Å². The minimum absolute atomic E-state index is 0.0133. The molecule has 0 bridgehead atoms. The zero-order chi connectivity index (χ0) is 18.1. The topological polar surface area (TPSA) is 76.2 Å². The van der Waals surface area contributed by atoms with Crippen molar-refractivity contribution in [3.05, 3.63) is 65.1 Å². The van der Waals surface area contributed by atoms with E-state index in [1.54, 1.807) is 19.1 Å². The van der Waals surface area contributed by atoms with Gasteiger partial charge in [-0.05, 0) is 54.8 Å². The molecule has 1 heterocycles. The van der Waals surface area contributed by atoms with Crippen molar-refractivity contribution >= 4 is 16.8 Å². The SMILES string of the molecule is Cc1cc(C(C)O)c2cc(-c3ccc(F)cc3)c(CC(N)=O)nc2c1. The van der Waals surface area contributed by atoms with Crippen LogP contribution >= 0.6 is 0 Å². The number of hydrogen-bond acceptors (Lipinski definition) is 3. The number of aryl methyl sites for hydroxylation is 1. The number of rotatable bonds is 4. The van der Waals surface area contributed by atoms with Crippen molar-refractivity contribution in [1.82, 2.24) is 4.98 Å². The van der Waals surface area contributed by atoms with Gasteiger partial charge in [-0.2, -0.15) is 0 Å². The Morgan fingerprint density at radius 1 is 1.24 bits per heavy atom. The quantitative estimate of drug-likeness (QED) is 0.765. The first kappa shape index (κ1) is 17.0. The van der Waals surface area contributed by atoms with Gasteiger partial charge in [-0.3, -0.25) is 9.78 Å². The summed E-state index contributed by atoms with van der Waals surface area (Å²) in [7, 11) is 0. The molecule has 0 spiro atoms. The Bertz CT molecular complexity index is 950. The van der Waals surface area contributed by atoms with E-state index in [0.717, 1.165) is 22.1 Å². The van der Waals surface area contributed by atoms with Gasteiger partial charge in [-0.25, -0.2) is 4.39 Å². The van der Waals surface area contributed by atoms with Crippen LogP contribution in [0, 0.1) is 12.7 Å². The third kappa shape index (κ3) is 3.51. The molecule has 4 nitrogen and oxygen atoms in total. The molecule has 1 unspecified atom stereocenters. The van der Waals surface area contributed by atoms with Gasteiger partial charge in [-0.1, -0.05) is 18.2 Å². The summed E-state index contributed by atoms with van der Waals surface area (Å²) in [5.41, 5.74) is 9.77. The molecule has 0 saturated heterocycles. The minimum Gasteiger partial charge on any atom is -0.389 e. The van der Waals surface area contributed by atoms with Crippen LogP contribution in [-0.2, 0) is 11.2 Å². The molecule has 3 aromatic rings. The van der Waals surface area contributed by atoms with Gasteiger partial charge >= 0.3 is 0 Å². The van der Waals surface area contributed by atoms with E-state index in [2.05, 4.69) is 4.98 Å². The van der Waals surface area contributed by atoms with Gasteiger partial charge in [0, 0.05) is 10.9 Å². The van der Waals surface area contributed by atoms with Gasteiger partial charge < -0.3 is 10.8 Å². The number of pyridine rings is 1. The second-order valence-electron chi connectivity index (χ2n) is 6.23. The largest absolute Gasteiger partial charge is 0.389 e. The lowest BCUT2D eigenvalue weighted by atomic mass is 9.95. The van der Waals surface area contributed by atoms with Crippen molar-refractivity contribution in [2.24, 2.45) is 5.73 Å². The van der Waals surface area contributed by atoms with Gasteiger partial charge in [0.15, 0.2) is 0 Å². The van der Waals surface area contributed by atoms with E-state index in [9.17, 15) is 14.3 Å². The Morgan fingerprint density at radius 3 is 2.52 bits per heavy atom. The smallest absolute Gasteiger partial charge is 0.223 e. The molecule has 3 rings (SSSR count). The van der Waals surface area contributed by atoms with Crippen LogP contribution in [0.25, 0.3) is 22.0 Å². The Labute approximate surface area is 145 Å². The van der Waals surface area contributed by atoms with Crippen LogP contribution in [0.4, 0.5) is 4.39 Å². The highest BCUT2D eigenvalue weighted by Gasteiger charge is 2.15. The number of hydrogen-bond donors (Lipinski definition) is 2. The normalized spacial score (nSPS) is 12.3. The number of halogens is 1. The standard InChI is InChI=1S/C20H19FN2O2/c1-11-7-15(12(2)24)17-9-16(13-3-5-14(21)6-4-13)19(10-20(22)25)23-18(17)8-11/h3-9,12,24H,10H2,1-2H3,(H2,22,25). The second kappa shape index (κ2) is 6.61. The Balaban J connectivity index is 2.32. The van der Waals surface area contributed by atoms with E-state index in [4.69, 9.17) is 5.73 Å². The molecule has 1 aromatic heterocycles. The fraction of sp³-hybridized carbons (Fsp3) is 0.200. The molecular formula is C20H19FN2O2. The summed E-state index contributed by atoms with van der Waals surface area (Å²) in [6.45, 7) is 3.62. The van der Waals surface area contributed by atoms with Crippen molar-refractivity contribution in [3.63, 3.8) is 0 Å². The highest BCUT2D eigenvalue weighted by Crippen LogP contribution is 2.32. The number of benzene rings is 2. The summed E-state index contributed by atoms with van der Waals surface area (Å²) in [4.78, 5) is 16.1. The van der Waals surface area contributed by atoms with Gasteiger partial charge in [0.25, 0.3) is 0 Å². The van der Waals surface area contributed by atoms with Crippen molar-refractivity contribution in [3.8, 4) is 11.1 Å². The molecule has 5 heteroatoms. The minimum atomic E-state index is -0.660. The van der Waals surface area contributed by atoms with Crippen molar-refractivity contribution in [1.29, 1.82) is 0 Å². The summed E-state index contributed by atoms with van der Waals surface area (Å²) in [5.74, 6) is -0.826. The molecule has 0 aliphatic rings. The number of aliphatic hydroxyl groups is 1. The summed E-state index contributed by atoms with van der Waals surface area (Å²) >= 11 is 0. The monoisotopic (exact) mass is 338 g/mol. The Morgan fingerprint density at radius 2 is 1.92 bits per heavy atom. The molecule has 0 fully saturated rings. The van der Waals surface area contributed by atoms with Gasteiger partial charge in [0.1, 0.15) is 5.82 Å². The van der Waals surface area contributed by atoms with E-state index >= 15 is 0 Å². The highest BCUT2D eigenvalue weighted by atomic mass is 19.1. The van der Waals surface area contributed by atoms with Gasteiger partial charge in [-0.15, -0.1) is 0 Å². The molecule has 1 amide bonds. The molecule has 128 valence electrons. The third-order valence-corrected chi connectivity index (χ3v) is 4.14. The molecule has 25 heavy (non-hydrogen) atoms.